The molecule has 0 unspecified atom stereocenters. The molecule has 1 fully saturated rings. The lowest BCUT2D eigenvalue weighted by Crippen LogP contribution is -2.28. The van der Waals surface area contributed by atoms with Crippen LogP contribution in [0.3, 0.4) is 0 Å². The van der Waals surface area contributed by atoms with Gasteiger partial charge in [0, 0.05) is 22.1 Å². The molecule has 1 spiro atoms. The first-order valence-corrected chi connectivity index (χ1v) is 19.3. The maximum Gasteiger partial charge on any atom is 0.160 e. The summed E-state index contributed by atoms with van der Waals surface area (Å²) in [4.78, 5) is 10.0. The van der Waals surface area contributed by atoms with Crippen molar-refractivity contribution >= 4 is 0 Å². The fraction of sp³-hybridized carbons (Fsp3) is 0.115. The van der Waals surface area contributed by atoms with Crippen LogP contribution in [0.15, 0.2) is 182 Å². The second kappa shape index (κ2) is 13.5. The number of fused-ring (bicyclic) bond motifs is 5. The van der Waals surface area contributed by atoms with Gasteiger partial charge < -0.3 is 0 Å². The molecule has 1 aromatic heterocycles. The van der Waals surface area contributed by atoms with Crippen molar-refractivity contribution in [3.05, 3.63) is 193 Å². The lowest BCUT2D eigenvalue weighted by molar-refractivity contribution is 0.353. The number of hydrogen-bond donors (Lipinski definition) is 0. The molecule has 1 heterocycles. The third-order valence-corrected chi connectivity index (χ3v) is 11.7. The van der Waals surface area contributed by atoms with Gasteiger partial charge in [-0.15, -0.1) is 0 Å². The Kier molecular flexibility index (Phi) is 8.10. The highest BCUT2D eigenvalue weighted by Gasteiger charge is 2.43. The highest BCUT2D eigenvalue weighted by molar-refractivity contribution is 5.85. The Morgan fingerprint density at radius 2 is 0.778 bits per heavy atom. The van der Waals surface area contributed by atoms with E-state index in [1.807, 2.05) is 12.1 Å². The van der Waals surface area contributed by atoms with Crippen molar-refractivity contribution in [3.8, 4) is 78.4 Å². The number of aromatic nitrogens is 2. The summed E-state index contributed by atoms with van der Waals surface area (Å²) in [5.41, 5.74) is 18.4. The Hall–Kier alpha value is -6.38. The molecule has 0 aliphatic heterocycles. The van der Waals surface area contributed by atoms with Gasteiger partial charge >= 0.3 is 0 Å². The largest absolute Gasteiger partial charge is 0.228 e. The molecule has 10 rings (SSSR count). The molecule has 2 heteroatoms. The van der Waals surface area contributed by atoms with E-state index in [1.54, 1.807) is 5.56 Å². The fourth-order valence-corrected chi connectivity index (χ4v) is 8.96. The van der Waals surface area contributed by atoms with Crippen LogP contribution in [0.5, 0.6) is 0 Å². The highest BCUT2D eigenvalue weighted by Crippen LogP contribution is 2.56. The van der Waals surface area contributed by atoms with Gasteiger partial charge in [-0.1, -0.05) is 183 Å². The predicted molar refractivity (Wildman–Crippen MR) is 224 cm³/mol. The van der Waals surface area contributed by atoms with Crippen LogP contribution in [-0.4, -0.2) is 9.97 Å². The molecule has 2 nitrogen and oxygen atoms in total. The first-order chi connectivity index (χ1) is 26.7. The molecule has 0 bridgehead atoms. The summed E-state index contributed by atoms with van der Waals surface area (Å²) in [5, 5.41) is 0. The minimum atomic E-state index is 0.170. The summed E-state index contributed by atoms with van der Waals surface area (Å²) in [7, 11) is 0. The van der Waals surface area contributed by atoms with E-state index in [0.29, 0.717) is 0 Å². The number of nitrogens with zero attached hydrogens (tertiary/aromatic N) is 2. The van der Waals surface area contributed by atoms with Crippen molar-refractivity contribution in [2.24, 2.45) is 0 Å². The quantitative estimate of drug-likeness (QED) is 0.173. The molecule has 8 aromatic rings. The zero-order chi connectivity index (χ0) is 35.9. The highest BCUT2D eigenvalue weighted by atomic mass is 14.9. The molecule has 0 saturated heterocycles. The zero-order valence-electron chi connectivity index (χ0n) is 30.3. The van der Waals surface area contributed by atoms with E-state index < -0.39 is 0 Å². The average molecular weight is 693 g/mol. The minimum absolute atomic E-state index is 0.170. The first-order valence-electron chi connectivity index (χ1n) is 19.3. The molecule has 0 N–H and O–H groups in total. The molecular formula is C52H40N2. The monoisotopic (exact) mass is 692 g/mol. The van der Waals surface area contributed by atoms with E-state index in [0.717, 1.165) is 39.5 Å². The fourth-order valence-electron chi connectivity index (χ4n) is 8.96. The third-order valence-electron chi connectivity index (χ3n) is 11.7. The molecule has 258 valence electrons. The topological polar surface area (TPSA) is 25.8 Å². The Balaban J connectivity index is 0.926. The summed E-state index contributed by atoms with van der Waals surface area (Å²) in [6.07, 6.45) is 6.47. The number of benzene rings is 7. The molecule has 0 amide bonds. The number of rotatable bonds is 6. The zero-order valence-corrected chi connectivity index (χ0v) is 30.3. The van der Waals surface area contributed by atoms with Gasteiger partial charge in [0.15, 0.2) is 5.82 Å². The van der Waals surface area contributed by atoms with Gasteiger partial charge in [0.1, 0.15) is 0 Å². The van der Waals surface area contributed by atoms with Gasteiger partial charge in [0.25, 0.3) is 0 Å². The van der Waals surface area contributed by atoms with Crippen molar-refractivity contribution < 1.29 is 0 Å². The Bertz CT molecular complexity index is 2540. The normalized spacial score (nSPS) is 14.1. The van der Waals surface area contributed by atoms with Crippen LogP contribution >= 0.6 is 0 Å². The van der Waals surface area contributed by atoms with Crippen molar-refractivity contribution in [3.63, 3.8) is 0 Å². The van der Waals surface area contributed by atoms with E-state index in [4.69, 9.17) is 9.97 Å². The molecule has 0 radical (unpaired) electrons. The van der Waals surface area contributed by atoms with Gasteiger partial charge in [-0.2, -0.15) is 0 Å². The van der Waals surface area contributed by atoms with Gasteiger partial charge in [-0.05, 0) is 86.7 Å². The van der Waals surface area contributed by atoms with Crippen LogP contribution in [0.2, 0.25) is 0 Å². The predicted octanol–water partition coefficient (Wildman–Crippen LogP) is 13.7. The molecule has 7 aromatic carbocycles. The smallest absolute Gasteiger partial charge is 0.160 e. The maximum absolute atomic E-state index is 5.02. The SMILES string of the molecule is c1ccc(-c2cc(-c3ccccc3)nc(-c3ccc(-c4cccc(-c5ccc(-c6ccc7c(c6)C6(CCCCC6)c6ccccc6-7)cc5)c4)cc3)n2)cc1. The van der Waals surface area contributed by atoms with Gasteiger partial charge in [0.2, 0.25) is 0 Å². The molecular weight excluding hydrogens is 653 g/mol. The standard InChI is InChI=1S/C52H40N2/c1-4-13-39(14-5-1)49-35-50(40-15-6-2-7-16-40)54-51(53-49)41-27-25-37(26-28-41)43-18-12-17-42(33-43)36-21-23-38(24-22-36)44-29-30-46-45-19-8-9-20-47(45)52(48(46)34-44)31-10-3-11-32-52/h1-2,4-9,12-30,33-35H,3,10-11,31-32H2. The van der Waals surface area contributed by atoms with Crippen LogP contribution in [0, 0.1) is 0 Å². The number of hydrogen-bond acceptors (Lipinski definition) is 2. The summed E-state index contributed by atoms with van der Waals surface area (Å²) in [6.45, 7) is 0. The van der Waals surface area contributed by atoms with E-state index in [9.17, 15) is 0 Å². The second-order valence-corrected chi connectivity index (χ2v) is 14.9. The summed E-state index contributed by atoms with van der Waals surface area (Å²) in [5.74, 6) is 0.720. The van der Waals surface area contributed by atoms with Crippen molar-refractivity contribution in [2.45, 2.75) is 37.5 Å². The van der Waals surface area contributed by atoms with Gasteiger partial charge in [-0.3, -0.25) is 0 Å². The minimum Gasteiger partial charge on any atom is -0.228 e. The van der Waals surface area contributed by atoms with Crippen LogP contribution in [-0.2, 0) is 5.41 Å². The first kappa shape index (κ1) is 32.3. The summed E-state index contributed by atoms with van der Waals surface area (Å²) >= 11 is 0. The van der Waals surface area contributed by atoms with Crippen molar-refractivity contribution in [1.29, 1.82) is 0 Å². The molecule has 2 aliphatic carbocycles. The van der Waals surface area contributed by atoms with Crippen molar-refractivity contribution in [2.75, 3.05) is 0 Å². The lowest BCUT2D eigenvalue weighted by atomic mass is 9.67. The van der Waals surface area contributed by atoms with Crippen molar-refractivity contribution in [1.82, 2.24) is 9.97 Å². The second-order valence-electron chi connectivity index (χ2n) is 14.9. The lowest BCUT2D eigenvalue weighted by Gasteiger charge is -2.36. The van der Waals surface area contributed by atoms with Gasteiger partial charge in [0.05, 0.1) is 11.4 Å². The van der Waals surface area contributed by atoms with Gasteiger partial charge in [-0.25, -0.2) is 9.97 Å². The molecule has 0 atom stereocenters. The van der Waals surface area contributed by atoms with Crippen LogP contribution < -0.4 is 0 Å². The Labute approximate surface area is 317 Å². The van der Waals surface area contributed by atoms with Crippen LogP contribution in [0.1, 0.15) is 43.2 Å². The Morgan fingerprint density at radius 3 is 1.37 bits per heavy atom. The van der Waals surface area contributed by atoms with Crippen LogP contribution in [0.25, 0.3) is 78.4 Å². The molecule has 2 aliphatic rings. The summed E-state index contributed by atoms with van der Waals surface area (Å²) in [6, 6.07) is 65.7. The average Bonchev–Trinajstić information content (AvgIpc) is 3.52. The van der Waals surface area contributed by atoms with E-state index in [-0.39, 0.29) is 5.41 Å². The van der Waals surface area contributed by atoms with E-state index >= 15 is 0 Å². The molecule has 54 heavy (non-hydrogen) atoms. The maximum atomic E-state index is 5.02. The third kappa shape index (κ3) is 5.76. The Morgan fingerprint density at radius 1 is 0.315 bits per heavy atom. The summed E-state index contributed by atoms with van der Waals surface area (Å²) < 4.78 is 0. The van der Waals surface area contributed by atoms with E-state index in [2.05, 4.69) is 170 Å². The van der Waals surface area contributed by atoms with Crippen LogP contribution in [0.4, 0.5) is 0 Å². The molecule has 1 saturated carbocycles. The van der Waals surface area contributed by atoms with E-state index in [1.165, 1.54) is 76.6 Å².